The summed E-state index contributed by atoms with van der Waals surface area (Å²) in [6, 6.07) is 14.7. The molecule has 0 unspecified atom stereocenters. The zero-order valence-electron chi connectivity index (χ0n) is 13.3. The molecular formula is C19H13FN2O4. The number of carbonyl (C=O) groups excluding carboxylic acids is 1. The van der Waals surface area contributed by atoms with E-state index in [-0.39, 0.29) is 11.1 Å². The van der Waals surface area contributed by atoms with E-state index in [4.69, 9.17) is 9.52 Å². The van der Waals surface area contributed by atoms with Crippen LogP contribution in [0.5, 0.6) is 0 Å². The van der Waals surface area contributed by atoms with Crippen molar-refractivity contribution in [1.29, 1.82) is 0 Å². The Kier molecular flexibility index (Phi) is 4.89. The number of amides is 1. The summed E-state index contributed by atoms with van der Waals surface area (Å²) in [6.07, 6.45) is 1.31. The van der Waals surface area contributed by atoms with Crippen LogP contribution < -0.4 is 5.43 Å². The topological polar surface area (TPSA) is 91.9 Å². The number of rotatable bonds is 5. The number of hydrogen-bond donors (Lipinski definition) is 2. The first-order valence-corrected chi connectivity index (χ1v) is 7.55. The van der Waals surface area contributed by atoms with Crippen LogP contribution in [-0.2, 0) is 0 Å². The van der Waals surface area contributed by atoms with Crippen LogP contribution in [0.1, 0.15) is 26.5 Å². The van der Waals surface area contributed by atoms with Crippen molar-refractivity contribution >= 4 is 18.1 Å². The second-order valence-electron chi connectivity index (χ2n) is 5.29. The summed E-state index contributed by atoms with van der Waals surface area (Å²) in [5.41, 5.74) is 3.35. The van der Waals surface area contributed by atoms with Crippen molar-refractivity contribution in [1.82, 2.24) is 5.43 Å². The average molecular weight is 352 g/mol. The molecule has 3 aromatic rings. The molecule has 6 nitrogen and oxygen atoms in total. The second kappa shape index (κ2) is 7.43. The van der Waals surface area contributed by atoms with Crippen LogP contribution in [-0.4, -0.2) is 23.2 Å². The standard InChI is InChI=1S/C19H13FN2O4/c20-15-6-4-12(5-7-15)18(23)22-21-11-16-8-9-17(26-16)13-2-1-3-14(10-13)19(24)25/h1-11H,(H,22,23)(H,24,25)/b21-11+. The average Bonchev–Trinajstić information content (AvgIpc) is 3.11. The molecule has 0 saturated carbocycles. The molecule has 0 atom stereocenters. The molecule has 130 valence electrons. The van der Waals surface area contributed by atoms with Gasteiger partial charge in [0.25, 0.3) is 5.91 Å². The first-order chi connectivity index (χ1) is 12.5. The Bertz CT molecular complexity index is 977. The number of carboxylic acid groups (broad SMARTS) is 1. The van der Waals surface area contributed by atoms with Crippen LogP contribution in [0.2, 0.25) is 0 Å². The number of hydrazone groups is 1. The van der Waals surface area contributed by atoms with Gasteiger partial charge in [-0.3, -0.25) is 4.79 Å². The molecule has 1 heterocycles. The summed E-state index contributed by atoms with van der Waals surface area (Å²) < 4.78 is 18.4. The van der Waals surface area contributed by atoms with Crippen molar-refractivity contribution in [2.45, 2.75) is 0 Å². The number of benzene rings is 2. The van der Waals surface area contributed by atoms with E-state index < -0.39 is 17.7 Å². The van der Waals surface area contributed by atoms with Crippen molar-refractivity contribution in [3.63, 3.8) is 0 Å². The Morgan fingerprint density at radius 1 is 1.04 bits per heavy atom. The minimum absolute atomic E-state index is 0.153. The molecule has 0 radical (unpaired) electrons. The number of aromatic carboxylic acids is 1. The van der Waals surface area contributed by atoms with Gasteiger partial charge in [-0.25, -0.2) is 14.6 Å². The van der Waals surface area contributed by atoms with E-state index in [1.165, 1.54) is 42.6 Å². The van der Waals surface area contributed by atoms with Crippen molar-refractivity contribution in [2.24, 2.45) is 5.10 Å². The van der Waals surface area contributed by atoms with Crippen LogP contribution in [0, 0.1) is 5.82 Å². The molecule has 7 heteroatoms. The van der Waals surface area contributed by atoms with Crippen LogP contribution in [0.25, 0.3) is 11.3 Å². The van der Waals surface area contributed by atoms with Crippen molar-refractivity contribution in [2.75, 3.05) is 0 Å². The monoisotopic (exact) mass is 352 g/mol. The smallest absolute Gasteiger partial charge is 0.335 e. The van der Waals surface area contributed by atoms with Gasteiger partial charge in [-0.1, -0.05) is 12.1 Å². The summed E-state index contributed by atoms with van der Waals surface area (Å²) >= 11 is 0. The number of nitrogens with zero attached hydrogens (tertiary/aromatic N) is 1. The van der Waals surface area contributed by atoms with Gasteiger partial charge in [0.2, 0.25) is 0 Å². The lowest BCUT2D eigenvalue weighted by atomic mass is 10.1. The van der Waals surface area contributed by atoms with Crippen LogP contribution in [0.4, 0.5) is 4.39 Å². The Labute approximate surface area is 147 Å². The van der Waals surface area contributed by atoms with Gasteiger partial charge in [-0.2, -0.15) is 5.10 Å². The maximum absolute atomic E-state index is 12.8. The third-order valence-electron chi connectivity index (χ3n) is 3.49. The van der Waals surface area contributed by atoms with E-state index in [0.717, 1.165) is 0 Å². The second-order valence-corrected chi connectivity index (χ2v) is 5.29. The highest BCUT2D eigenvalue weighted by atomic mass is 19.1. The number of carboxylic acids is 1. The summed E-state index contributed by atoms with van der Waals surface area (Å²) in [7, 11) is 0. The molecule has 0 aliphatic rings. The summed E-state index contributed by atoms with van der Waals surface area (Å²) in [6.45, 7) is 0. The fourth-order valence-corrected chi connectivity index (χ4v) is 2.20. The highest BCUT2D eigenvalue weighted by Gasteiger charge is 2.08. The molecule has 1 amide bonds. The van der Waals surface area contributed by atoms with Gasteiger partial charge >= 0.3 is 5.97 Å². The number of carbonyl (C=O) groups is 2. The number of hydrogen-bond acceptors (Lipinski definition) is 4. The lowest BCUT2D eigenvalue weighted by molar-refractivity contribution is 0.0696. The first kappa shape index (κ1) is 17.1. The fourth-order valence-electron chi connectivity index (χ4n) is 2.20. The van der Waals surface area contributed by atoms with Gasteiger partial charge in [0.1, 0.15) is 17.3 Å². The molecular weight excluding hydrogens is 339 g/mol. The largest absolute Gasteiger partial charge is 0.478 e. The number of halogens is 1. The SMILES string of the molecule is O=C(O)c1cccc(-c2ccc(/C=N/NC(=O)c3ccc(F)cc3)o2)c1. The van der Waals surface area contributed by atoms with Gasteiger partial charge in [0.15, 0.2) is 0 Å². The van der Waals surface area contributed by atoms with E-state index in [9.17, 15) is 14.0 Å². The number of furan rings is 1. The third-order valence-corrected chi connectivity index (χ3v) is 3.49. The summed E-state index contributed by atoms with van der Waals surface area (Å²) in [5.74, 6) is -1.09. The highest BCUT2D eigenvalue weighted by molar-refractivity contribution is 5.94. The summed E-state index contributed by atoms with van der Waals surface area (Å²) in [5, 5.41) is 12.8. The van der Waals surface area contributed by atoms with Crippen molar-refractivity contribution < 1.29 is 23.5 Å². The zero-order chi connectivity index (χ0) is 18.5. The van der Waals surface area contributed by atoms with E-state index in [2.05, 4.69) is 10.5 Å². The summed E-state index contributed by atoms with van der Waals surface area (Å²) in [4.78, 5) is 22.9. The molecule has 3 rings (SSSR count). The van der Waals surface area contributed by atoms with E-state index >= 15 is 0 Å². The lowest BCUT2D eigenvalue weighted by Gasteiger charge is -1.99. The molecule has 0 spiro atoms. The van der Waals surface area contributed by atoms with E-state index in [1.807, 2.05) is 0 Å². The molecule has 26 heavy (non-hydrogen) atoms. The maximum Gasteiger partial charge on any atom is 0.335 e. The molecule has 0 aliphatic carbocycles. The fraction of sp³-hybridized carbons (Fsp3) is 0. The highest BCUT2D eigenvalue weighted by Crippen LogP contribution is 2.22. The predicted octanol–water partition coefficient (Wildman–Crippen LogP) is 3.55. The molecule has 0 fully saturated rings. The van der Waals surface area contributed by atoms with Gasteiger partial charge < -0.3 is 9.52 Å². The maximum atomic E-state index is 12.8. The molecule has 0 saturated heterocycles. The molecule has 2 aromatic carbocycles. The minimum Gasteiger partial charge on any atom is -0.478 e. The molecule has 0 aliphatic heterocycles. The molecule has 1 aromatic heterocycles. The first-order valence-electron chi connectivity index (χ1n) is 7.55. The van der Waals surface area contributed by atoms with E-state index in [1.54, 1.807) is 24.3 Å². The minimum atomic E-state index is -1.02. The van der Waals surface area contributed by atoms with Crippen molar-refractivity contribution in [3.8, 4) is 11.3 Å². The Morgan fingerprint density at radius 3 is 2.54 bits per heavy atom. The zero-order valence-corrected chi connectivity index (χ0v) is 13.3. The van der Waals surface area contributed by atoms with Crippen LogP contribution in [0.3, 0.4) is 0 Å². The van der Waals surface area contributed by atoms with Gasteiger partial charge in [0, 0.05) is 11.1 Å². The Morgan fingerprint density at radius 2 is 1.81 bits per heavy atom. The molecule has 2 N–H and O–H groups in total. The third kappa shape index (κ3) is 4.02. The predicted molar refractivity (Wildman–Crippen MR) is 92.6 cm³/mol. The van der Waals surface area contributed by atoms with Gasteiger partial charge in [-0.05, 0) is 48.5 Å². The van der Waals surface area contributed by atoms with E-state index in [0.29, 0.717) is 17.1 Å². The lowest BCUT2D eigenvalue weighted by Crippen LogP contribution is -2.17. The molecule has 0 bridgehead atoms. The Hall–Kier alpha value is -3.74. The van der Waals surface area contributed by atoms with Crippen LogP contribution >= 0.6 is 0 Å². The number of nitrogens with one attached hydrogen (secondary N) is 1. The normalized spacial score (nSPS) is 10.8. The Balaban J connectivity index is 1.67. The quantitative estimate of drug-likeness (QED) is 0.543. The van der Waals surface area contributed by atoms with Gasteiger partial charge in [-0.15, -0.1) is 0 Å². The van der Waals surface area contributed by atoms with Gasteiger partial charge in [0.05, 0.1) is 11.8 Å². The van der Waals surface area contributed by atoms with Crippen molar-refractivity contribution in [3.05, 3.63) is 83.4 Å². The van der Waals surface area contributed by atoms with Crippen LogP contribution in [0.15, 0.2) is 70.2 Å².